The summed E-state index contributed by atoms with van der Waals surface area (Å²) in [6.07, 6.45) is -8.08. The Balaban J connectivity index is 1.86. The standard InChI is InChI=1S/C26H38N2O10/c1-6-34-26(33)35-13-20-21(30)22(31)23(32)25(37-20)38-24-18(19(12-29)28(27-24)14(2)3)11-16-7-9-17(10-8-16)36-15(4)5/h7-10,14-15,20-23,25,29-32H,6,11-13H2,1-5H3/t20-,21-,22+,23-,25+/m1/s1. The predicted octanol–water partition coefficient (Wildman–Crippen LogP) is 1.69. The molecule has 0 bridgehead atoms. The van der Waals surface area contributed by atoms with Gasteiger partial charge in [-0.15, -0.1) is 5.10 Å². The number of hydrogen-bond donors (Lipinski definition) is 4. The highest BCUT2D eigenvalue weighted by molar-refractivity contribution is 5.59. The lowest BCUT2D eigenvalue weighted by atomic mass is 9.99. The van der Waals surface area contributed by atoms with Gasteiger partial charge in [0.05, 0.1) is 25.0 Å². The molecule has 12 nitrogen and oxygen atoms in total. The average molecular weight is 539 g/mol. The minimum absolute atomic E-state index is 0.0356. The van der Waals surface area contributed by atoms with E-state index >= 15 is 0 Å². The van der Waals surface area contributed by atoms with Crippen molar-refractivity contribution >= 4 is 6.16 Å². The molecule has 1 aliphatic heterocycles. The second kappa shape index (κ2) is 13.3. The highest BCUT2D eigenvalue weighted by atomic mass is 16.7. The Hall–Kier alpha value is -2.90. The maximum absolute atomic E-state index is 11.6. The number of nitrogens with zero attached hydrogens (tertiary/aromatic N) is 2. The zero-order chi connectivity index (χ0) is 28.0. The van der Waals surface area contributed by atoms with Crippen molar-refractivity contribution in [2.45, 2.75) is 90.5 Å². The molecule has 1 saturated heterocycles. The van der Waals surface area contributed by atoms with E-state index in [1.54, 1.807) is 11.6 Å². The Bertz CT molecular complexity index is 1040. The van der Waals surface area contributed by atoms with Gasteiger partial charge in [-0.1, -0.05) is 12.1 Å². The molecule has 212 valence electrons. The van der Waals surface area contributed by atoms with Crippen LogP contribution < -0.4 is 9.47 Å². The third-order valence-corrected chi connectivity index (χ3v) is 5.92. The first-order valence-corrected chi connectivity index (χ1v) is 12.7. The number of ether oxygens (including phenoxy) is 5. The van der Waals surface area contributed by atoms with Gasteiger partial charge in [0.15, 0.2) is 0 Å². The van der Waals surface area contributed by atoms with E-state index < -0.39 is 43.5 Å². The smallest absolute Gasteiger partial charge is 0.491 e. The number of hydrogen-bond acceptors (Lipinski definition) is 11. The third kappa shape index (κ3) is 7.14. The van der Waals surface area contributed by atoms with Crippen LogP contribution in [0.25, 0.3) is 0 Å². The summed E-state index contributed by atoms with van der Waals surface area (Å²) in [5, 5.41) is 46.0. The van der Waals surface area contributed by atoms with Crippen LogP contribution in [-0.2, 0) is 27.2 Å². The van der Waals surface area contributed by atoms with Crippen molar-refractivity contribution in [1.82, 2.24) is 9.78 Å². The summed E-state index contributed by atoms with van der Waals surface area (Å²) in [7, 11) is 0. The maximum Gasteiger partial charge on any atom is 0.508 e. The fraction of sp³-hybridized carbons (Fsp3) is 0.615. The van der Waals surface area contributed by atoms with Gasteiger partial charge in [0.1, 0.15) is 36.8 Å². The molecule has 2 aromatic rings. The second-order valence-electron chi connectivity index (χ2n) is 9.54. The van der Waals surface area contributed by atoms with E-state index in [-0.39, 0.29) is 31.2 Å². The van der Waals surface area contributed by atoms with Crippen LogP contribution in [-0.4, -0.2) is 86.4 Å². The number of aromatic nitrogens is 2. The molecule has 12 heteroatoms. The third-order valence-electron chi connectivity index (χ3n) is 5.92. The molecular formula is C26H38N2O10. The molecule has 2 heterocycles. The van der Waals surface area contributed by atoms with E-state index in [0.29, 0.717) is 17.7 Å². The normalized spacial score (nSPS) is 23.5. The molecule has 5 atom stereocenters. The van der Waals surface area contributed by atoms with Crippen LogP contribution >= 0.6 is 0 Å². The molecule has 1 aliphatic rings. The summed E-state index contributed by atoms with van der Waals surface area (Å²) in [6, 6.07) is 7.36. The Morgan fingerprint density at radius 1 is 1.05 bits per heavy atom. The summed E-state index contributed by atoms with van der Waals surface area (Å²) in [4.78, 5) is 11.6. The number of aliphatic hydroxyl groups excluding tert-OH is 4. The van der Waals surface area contributed by atoms with Gasteiger partial charge in [0.2, 0.25) is 12.2 Å². The first kappa shape index (κ1) is 29.7. The van der Waals surface area contributed by atoms with Gasteiger partial charge in [-0.05, 0) is 52.3 Å². The molecule has 1 aromatic carbocycles. The van der Waals surface area contributed by atoms with E-state index in [1.807, 2.05) is 52.0 Å². The summed E-state index contributed by atoms with van der Waals surface area (Å²) in [6.45, 7) is 8.63. The quantitative estimate of drug-likeness (QED) is 0.308. The van der Waals surface area contributed by atoms with Gasteiger partial charge in [0, 0.05) is 18.0 Å². The topological polar surface area (TPSA) is 162 Å². The second-order valence-corrected chi connectivity index (χ2v) is 9.54. The molecular weight excluding hydrogens is 500 g/mol. The Labute approximate surface area is 221 Å². The van der Waals surface area contributed by atoms with Crippen LogP contribution in [0.2, 0.25) is 0 Å². The molecule has 0 saturated carbocycles. The van der Waals surface area contributed by atoms with Crippen LogP contribution in [0.1, 0.15) is 57.5 Å². The lowest BCUT2D eigenvalue weighted by Crippen LogP contribution is -2.60. The van der Waals surface area contributed by atoms with E-state index in [0.717, 1.165) is 11.3 Å². The summed E-state index contributed by atoms with van der Waals surface area (Å²) >= 11 is 0. The van der Waals surface area contributed by atoms with Gasteiger partial charge in [-0.25, -0.2) is 4.79 Å². The first-order valence-electron chi connectivity index (χ1n) is 12.7. The van der Waals surface area contributed by atoms with Gasteiger partial charge in [-0.2, -0.15) is 0 Å². The molecule has 0 radical (unpaired) electrons. The highest BCUT2D eigenvalue weighted by Gasteiger charge is 2.46. The number of carbonyl (C=O) groups excluding carboxylic acids is 1. The van der Waals surface area contributed by atoms with E-state index in [2.05, 4.69) is 5.10 Å². The van der Waals surface area contributed by atoms with Crippen LogP contribution in [0.3, 0.4) is 0 Å². The molecule has 0 amide bonds. The average Bonchev–Trinajstić information content (AvgIpc) is 3.21. The number of rotatable bonds is 11. The molecule has 38 heavy (non-hydrogen) atoms. The monoisotopic (exact) mass is 538 g/mol. The van der Waals surface area contributed by atoms with Crippen LogP contribution in [0.4, 0.5) is 4.79 Å². The van der Waals surface area contributed by atoms with Crippen molar-refractivity contribution in [2.24, 2.45) is 0 Å². The Kier molecular flexibility index (Phi) is 10.3. The van der Waals surface area contributed by atoms with Crippen LogP contribution in [0.5, 0.6) is 11.6 Å². The largest absolute Gasteiger partial charge is 0.508 e. The summed E-state index contributed by atoms with van der Waals surface area (Å²) in [5.74, 6) is 0.811. The summed E-state index contributed by atoms with van der Waals surface area (Å²) in [5.41, 5.74) is 1.98. The molecule has 0 aliphatic carbocycles. The van der Waals surface area contributed by atoms with E-state index in [9.17, 15) is 25.2 Å². The molecule has 0 spiro atoms. The predicted molar refractivity (Wildman–Crippen MR) is 134 cm³/mol. The van der Waals surface area contributed by atoms with Crippen LogP contribution in [0, 0.1) is 0 Å². The zero-order valence-electron chi connectivity index (χ0n) is 22.3. The molecule has 3 rings (SSSR count). The highest BCUT2D eigenvalue weighted by Crippen LogP contribution is 2.31. The lowest BCUT2D eigenvalue weighted by Gasteiger charge is -2.39. The van der Waals surface area contributed by atoms with Crippen LogP contribution in [0.15, 0.2) is 24.3 Å². The molecule has 0 unspecified atom stereocenters. The molecule has 1 fully saturated rings. The van der Waals surface area contributed by atoms with Crippen molar-refractivity contribution < 1.29 is 48.9 Å². The summed E-state index contributed by atoms with van der Waals surface area (Å²) < 4.78 is 28.6. The lowest BCUT2D eigenvalue weighted by molar-refractivity contribution is -0.278. The zero-order valence-corrected chi connectivity index (χ0v) is 22.3. The molecule has 1 aromatic heterocycles. The number of aliphatic hydroxyl groups is 4. The minimum Gasteiger partial charge on any atom is -0.491 e. The fourth-order valence-corrected chi connectivity index (χ4v) is 4.08. The number of carbonyl (C=O) groups is 1. The molecule has 4 N–H and O–H groups in total. The minimum atomic E-state index is -1.65. The SMILES string of the molecule is CCOC(=O)OC[C@H]1O[C@@H](Oc2nn(C(C)C)c(CO)c2Cc2ccc(OC(C)C)cc2)[C@H](O)[C@@H](O)[C@@H]1O. The van der Waals surface area contributed by atoms with Crippen molar-refractivity contribution in [3.63, 3.8) is 0 Å². The fourth-order valence-electron chi connectivity index (χ4n) is 4.08. The Morgan fingerprint density at radius 2 is 1.74 bits per heavy atom. The van der Waals surface area contributed by atoms with E-state index in [4.69, 9.17) is 23.7 Å². The first-order chi connectivity index (χ1) is 18.0. The van der Waals surface area contributed by atoms with Crippen molar-refractivity contribution in [1.29, 1.82) is 0 Å². The van der Waals surface area contributed by atoms with Gasteiger partial charge < -0.3 is 44.1 Å². The number of benzene rings is 1. The Morgan fingerprint density at radius 3 is 2.32 bits per heavy atom. The van der Waals surface area contributed by atoms with Crippen molar-refractivity contribution in [3.05, 3.63) is 41.1 Å². The van der Waals surface area contributed by atoms with Gasteiger partial charge in [-0.3, -0.25) is 4.68 Å². The van der Waals surface area contributed by atoms with Gasteiger partial charge >= 0.3 is 6.16 Å². The maximum atomic E-state index is 11.6. The van der Waals surface area contributed by atoms with Crippen molar-refractivity contribution in [2.75, 3.05) is 13.2 Å². The van der Waals surface area contributed by atoms with Gasteiger partial charge in [0.25, 0.3) is 0 Å². The van der Waals surface area contributed by atoms with Crippen molar-refractivity contribution in [3.8, 4) is 11.6 Å². The van der Waals surface area contributed by atoms with E-state index in [1.165, 1.54) is 0 Å².